The zero-order chi connectivity index (χ0) is 17.1. The summed E-state index contributed by atoms with van der Waals surface area (Å²) in [6.07, 6.45) is 0. The van der Waals surface area contributed by atoms with Crippen LogP contribution < -0.4 is 0 Å². The summed E-state index contributed by atoms with van der Waals surface area (Å²) < 4.78 is 11.8. The Bertz CT molecular complexity index is 791. The van der Waals surface area contributed by atoms with Crippen molar-refractivity contribution in [3.63, 3.8) is 0 Å². The largest absolute Gasteiger partial charge is 0.462 e. The highest BCUT2D eigenvalue weighted by Gasteiger charge is 2.27. The number of fused-ring (bicyclic) bond motifs is 1. The van der Waals surface area contributed by atoms with Gasteiger partial charge in [0.05, 0.1) is 18.8 Å². The third-order valence-electron chi connectivity index (χ3n) is 3.45. The minimum absolute atomic E-state index is 0.0998. The molecule has 0 fully saturated rings. The minimum Gasteiger partial charge on any atom is -0.462 e. The van der Waals surface area contributed by atoms with E-state index in [1.807, 2.05) is 0 Å². The predicted octanol–water partition coefficient (Wildman–Crippen LogP) is 3.58. The maximum Gasteiger partial charge on any atom is 0.355 e. The summed E-state index contributed by atoms with van der Waals surface area (Å²) in [5, 5.41) is 1.15. The van der Waals surface area contributed by atoms with E-state index < -0.39 is 11.9 Å². The van der Waals surface area contributed by atoms with Gasteiger partial charge in [-0.15, -0.1) is 0 Å². The lowest BCUT2D eigenvalue weighted by molar-refractivity contribution is -0.136. The van der Waals surface area contributed by atoms with Gasteiger partial charge in [0, 0.05) is 28.5 Å². The molecule has 0 spiro atoms. The van der Waals surface area contributed by atoms with E-state index in [9.17, 15) is 9.59 Å². The van der Waals surface area contributed by atoms with Crippen molar-refractivity contribution in [1.82, 2.24) is 4.57 Å². The zero-order valence-electron chi connectivity index (χ0n) is 13.3. The van der Waals surface area contributed by atoms with Crippen LogP contribution in [0.4, 0.5) is 0 Å². The summed E-state index contributed by atoms with van der Waals surface area (Å²) in [6, 6.07) is 5.19. The van der Waals surface area contributed by atoms with E-state index >= 15 is 0 Å². The first-order valence-corrected chi connectivity index (χ1v) is 7.61. The Morgan fingerprint density at radius 3 is 2.48 bits per heavy atom. The molecule has 122 valence electrons. The molecule has 0 unspecified atom stereocenters. The number of ether oxygens (including phenoxy) is 2. The number of rotatable bonds is 5. The van der Waals surface area contributed by atoms with Crippen LogP contribution in [0, 0.1) is 0 Å². The molecule has 0 radical (unpaired) electrons. The molecule has 0 saturated heterocycles. The fraction of sp³-hybridized carbons (Fsp3) is 0.294. The molecule has 1 heterocycles. The van der Waals surface area contributed by atoms with E-state index in [2.05, 4.69) is 6.58 Å². The van der Waals surface area contributed by atoms with E-state index in [4.69, 9.17) is 21.1 Å². The van der Waals surface area contributed by atoms with Crippen molar-refractivity contribution in [2.24, 2.45) is 7.05 Å². The van der Waals surface area contributed by atoms with Crippen molar-refractivity contribution in [3.05, 3.63) is 41.1 Å². The number of nitrogens with zero attached hydrogens (tertiary/aromatic N) is 1. The SMILES string of the molecule is C=C(C(=O)OCC)c1c(C(=O)OCC)n(C)c2ccc(Cl)cc12. The van der Waals surface area contributed by atoms with Gasteiger partial charge in [-0.05, 0) is 32.0 Å². The maximum absolute atomic E-state index is 12.4. The topological polar surface area (TPSA) is 57.5 Å². The fourth-order valence-corrected chi connectivity index (χ4v) is 2.65. The maximum atomic E-state index is 12.4. The van der Waals surface area contributed by atoms with Crippen molar-refractivity contribution in [2.75, 3.05) is 13.2 Å². The molecule has 2 rings (SSSR count). The van der Waals surface area contributed by atoms with Gasteiger partial charge >= 0.3 is 11.9 Å². The number of hydrogen-bond acceptors (Lipinski definition) is 4. The van der Waals surface area contributed by atoms with Crippen LogP contribution in [0.5, 0.6) is 0 Å². The lowest BCUT2D eigenvalue weighted by atomic mass is 10.0. The molecular formula is C17H18ClNO4. The molecule has 0 atom stereocenters. The Morgan fingerprint density at radius 1 is 1.22 bits per heavy atom. The van der Waals surface area contributed by atoms with E-state index in [0.717, 1.165) is 5.52 Å². The van der Waals surface area contributed by atoms with Gasteiger partial charge in [0.25, 0.3) is 0 Å². The summed E-state index contributed by atoms with van der Waals surface area (Å²) in [5.74, 6) is -1.10. The number of carbonyl (C=O) groups is 2. The predicted molar refractivity (Wildman–Crippen MR) is 89.6 cm³/mol. The van der Waals surface area contributed by atoms with Gasteiger partial charge in [-0.1, -0.05) is 18.2 Å². The second-order valence-corrected chi connectivity index (χ2v) is 5.30. The number of benzene rings is 1. The van der Waals surface area contributed by atoms with Crippen LogP contribution >= 0.6 is 11.6 Å². The second kappa shape index (κ2) is 6.87. The first kappa shape index (κ1) is 17.1. The van der Waals surface area contributed by atoms with E-state index in [1.54, 1.807) is 43.7 Å². The number of esters is 2. The van der Waals surface area contributed by atoms with Crippen LogP contribution in [0.25, 0.3) is 16.5 Å². The number of halogens is 1. The third-order valence-corrected chi connectivity index (χ3v) is 3.69. The van der Waals surface area contributed by atoms with Gasteiger partial charge in [0.1, 0.15) is 5.69 Å². The highest BCUT2D eigenvalue weighted by Crippen LogP contribution is 2.33. The molecule has 23 heavy (non-hydrogen) atoms. The Balaban J connectivity index is 2.74. The summed E-state index contributed by atoms with van der Waals surface area (Å²) >= 11 is 6.07. The highest BCUT2D eigenvalue weighted by atomic mass is 35.5. The zero-order valence-corrected chi connectivity index (χ0v) is 14.1. The first-order valence-electron chi connectivity index (χ1n) is 7.23. The van der Waals surface area contributed by atoms with Gasteiger partial charge in [-0.25, -0.2) is 9.59 Å². The molecule has 0 saturated carbocycles. The third kappa shape index (κ3) is 3.10. The normalized spacial score (nSPS) is 10.6. The Hall–Kier alpha value is -2.27. The average Bonchev–Trinajstić information content (AvgIpc) is 2.79. The number of carbonyl (C=O) groups excluding carboxylic acids is 2. The Labute approximate surface area is 139 Å². The van der Waals surface area contributed by atoms with E-state index in [1.165, 1.54) is 0 Å². The number of hydrogen-bond donors (Lipinski definition) is 0. The number of aryl methyl sites for hydroxylation is 1. The van der Waals surface area contributed by atoms with Crippen molar-refractivity contribution in [1.29, 1.82) is 0 Å². The van der Waals surface area contributed by atoms with Crippen LogP contribution in [-0.2, 0) is 21.3 Å². The molecule has 0 aliphatic heterocycles. The van der Waals surface area contributed by atoms with Crippen LogP contribution in [0.15, 0.2) is 24.8 Å². The number of aromatic nitrogens is 1. The van der Waals surface area contributed by atoms with Crippen LogP contribution in [0.1, 0.15) is 29.9 Å². The van der Waals surface area contributed by atoms with Gasteiger partial charge in [0.15, 0.2) is 0 Å². The van der Waals surface area contributed by atoms with Crippen molar-refractivity contribution in [3.8, 4) is 0 Å². The molecule has 6 heteroatoms. The summed E-state index contributed by atoms with van der Waals surface area (Å²) in [6.45, 7) is 7.68. The lowest BCUT2D eigenvalue weighted by Crippen LogP contribution is -2.14. The minimum atomic E-state index is -0.578. The fourth-order valence-electron chi connectivity index (χ4n) is 2.48. The molecule has 1 aromatic heterocycles. The standard InChI is InChI=1S/C17H18ClNO4/c1-5-22-16(20)10(3)14-12-9-11(18)7-8-13(12)19(4)15(14)17(21)23-6-2/h7-9H,3,5-6H2,1-2,4H3. The quantitative estimate of drug-likeness (QED) is 0.619. The molecular weight excluding hydrogens is 318 g/mol. The summed E-state index contributed by atoms with van der Waals surface area (Å²) in [4.78, 5) is 24.5. The van der Waals surface area contributed by atoms with Gasteiger partial charge < -0.3 is 14.0 Å². The van der Waals surface area contributed by atoms with Crippen molar-refractivity contribution < 1.29 is 19.1 Å². The molecule has 5 nitrogen and oxygen atoms in total. The summed E-state index contributed by atoms with van der Waals surface area (Å²) in [5.41, 5.74) is 1.49. The molecule has 2 aromatic rings. The van der Waals surface area contributed by atoms with Crippen LogP contribution in [-0.4, -0.2) is 29.7 Å². The Kier molecular flexibility index (Phi) is 5.11. The molecule has 0 bridgehead atoms. The highest BCUT2D eigenvalue weighted by molar-refractivity contribution is 6.32. The molecule has 0 N–H and O–H groups in total. The molecule has 0 aliphatic rings. The van der Waals surface area contributed by atoms with Crippen LogP contribution in [0.2, 0.25) is 5.02 Å². The second-order valence-electron chi connectivity index (χ2n) is 4.86. The smallest absolute Gasteiger partial charge is 0.355 e. The lowest BCUT2D eigenvalue weighted by Gasteiger charge is -2.09. The van der Waals surface area contributed by atoms with Crippen molar-refractivity contribution >= 4 is 40.0 Å². The Morgan fingerprint density at radius 2 is 1.87 bits per heavy atom. The molecule has 0 amide bonds. The van der Waals surface area contributed by atoms with Gasteiger partial charge in [0.2, 0.25) is 0 Å². The van der Waals surface area contributed by atoms with Gasteiger partial charge in [-0.2, -0.15) is 0 Å². The molecule has 1 aromatic carbocycles. The van der Waals surface area contributed by atoms with E-state index in [0.29, 0.717) is 16.0 Å². The first-order chi connectivity index (χ1) is 10.9. The average molecular weight is 336 g/mol. The van der Waals surface area contributed by atoms with Crippen molar-refractivity contribution in [2.45, 2.75) is 13.8 Å². The van der Waals surface area contributed by atoms with Gasteiger partial charge in [-0.3, -0.25) is 0 Å². The summed E-state index contributed by atoms with van der Waals surface area (Å²) in [7, 11) is 1.73. The van der Waals surface area contributed by atoms with E-state index in [-0.39, 0.29) is 24.5 Å². The monoisotopic (exact) mass is 335 g/mol. The molecule has 0 aliphatic carbocycles. The van der Waals surface area contributed by atoms with Crippen LogP contribution in [0.3, 0.4) is 0 Å².